The van der Waals surface area contributed by atoms with Crippen molar-refractivity contribution < 1.29 is 14.0 Å². The van der Waals surface area contributed by atoms with Crippen LogP contribution in [0.25, 0.3) is 0 Å². The molecule has 2 unspecified atom stereocenters. The SMILES string of the molecule is CC(C(=O)N1CCN(C(=O)c2ccco2)CC1)N1CCC(C)(CN)C1. The van der Waals surface area contributed by atoms with Crippen LogP contribution >= 0.6 is 0 Å². The highest BCUT2D eigenvalue weighted by Gasteiger charge is 2.38. The maximum atomic E-state index is 12.8. The number of hydrogen-bond donors (Lipinski definition) is 1. The molecule has 0 spiro atoms. The zero-order valence-electron chi connectivity index (χ0n) is 15.1. The maximum absolute atomic E-state index is 12.8. The summed E-state index contributed by atoms with van der Waals surface area (Å²) in [5, 5.41) is 0. The molecule has 3 rings (SSSR count). The molecule has 0 aliphatic carbocycles. The number of amides is 2. The van der Waals surface area contributed by atoms with Crippen molar-refractivity contribution in [3.63, 3.8) is 0 Å². The van der Waals surface area contributed by atoms with Crippen LogP contribution in [0.3, 0.4) is 0 Å². The molecule has 2 saturated heterocycles. The Morgan fingerprint density at radius 3 is 2.48 bits per heavy atom. The average Bonchev–Trinajstić information content (AvgIpc) is 3.30. The number of likely N-dealkylation sites (tertiary alicyclic amines) is 1. The molecule has 2 N–H and O–H groups in total. The van der Waals surface area contributed by atoms with Gasteiger partial charge in [-0.05, 0) is 44.0 Å². The highest BCUT2D eigenvalue weighted by Crippen LogP contribution is 2.30. The maximum Gasteiger partial charge on any atom is 0.289 e. The van der Waals surface area contributed by atoms with Crippen LogP contribution in [-0.4, -0.2) is 78.4 Å². The predicted octanol–water partition coefficient (Wildman–Crippen LogP) is 0.623. The number of nitrogens with zero attached hydrogens (tertiary/aromatic N) is 3. The lowest BCUT2D eigenvalue weighted by molar-refractivity contribution is -0.137. The van der Waals surface area contributed by atoms with Gasteiger partial charge in [-0.3, -0.25) is 14.5 Å². The Morgan fingerprint density at radius 2 is 1.92 bits per heavy atom. The number of carbonyl (C=O) groups excluding carboxylic acids is 2. The van der Waals surface area contributed by atoms with E-state index in [4.69, 9.17) is 10.2 Å². The topological polar surface area (TPSA) is 83.0 Å². The molecule has 25 heavy (non-hydrogen) atoms. The third-order valence-corrected chi connectivity index (χ3v) is 5.60. The molecule has 7 heteroatoms. The fraction of sp³-hybridized carbons (Fsp3) is 0.667. The summed E-state index contributed by atoms with van der Waals surface area (Å²) in [5.41, 5.74) is 5.98. The first-order valence-electron chi connectivity index (χ1n) is 8.99. The Morgan fingerprint density at radius 1 is 1.24 bits per heavy atom. The van der Waals surface area contributed by atoms with Gasteiger partial charge in [0, 0.05) is 32.7 Å². The number of piperazine rings is 1. The van der Waals surface area contributed by atoms with E-state index in [1.54, 1.807) is 17.0 Å². The standard InChI is InChI=1S/C18H28N4O3/c1-14(22-6-5-18(2,12-19)13-22)16(23)20-7-9-21(10-8-20)17(24)15-4-3-11-25-15/h3-4,11,14H,5-10,12-13,19H2,1-2H3. The van der Waals surface area contributed by atoms with Gasteiger partial charge in [0.15, 0.2) is 5.76 Å². The molecule has 1 aromatic heterocycles. The predicted molar refractivity (Wildman–Crippen MR) is 94.0 cm³/mol. The fourth-order valence-electron chi connectivity index (χ4n) is 3.67. The second kappa shape index (κ2) is 7.17. The summed E-state index contributed by atoms with van der Waals surface area (Å²) in [6.07, 6.45) is 2.53. The van der Waals surface area contributed by atoms with Crippen LogP contribution in [0.5, 0.6) is 0 Å². The van der Waals surface area contributed by atoms with E-state index in [1.165, 1.54) is 6.26 Å². The largest absolute Gasteiger partial charge is 0.459 e. The lowest BCUT2D eigenvalue weighted by Crippen LogP contribution is -2.55. The number of carbonyl (C=O) groups is 2. The van der Waals surface area contributed by atoms with Crippen LogP contribution < -0.4 is 5.73 Å². The van der Waals surface area contributed by atoms with Crippen LogP contribution in [0, 0.1) is 5.41 Å². The zero-order chi connectivity index (χ0) is 18.0. The van der Waals surface area contributed by atoms with E-state index < -0.39 is 0 Å². The summed E-state index contributed by atoms with van der Waals surface area (Å²) in [6, 6.07) is 3.24. The molecule has 2 atom stereocenters. The molecule has 0 saturated carbocycles. The fourth-order valence-corrected chi connectivity index (χ4v) is 3.67. The Bertz CT molecular complexity index is 610. The molecule has 2 fully saturated rings. The third-order valence-electron chi connectivity index (χ3n) is 5.60. The molecule has 2 amide bonds. The summed E-state index contributed by atoms with van der Waals surface area (Å²) in [6.45, 7) is 8.81. The van der Waals surface area contributed by atoms with E-state index in [9.17, 15) is 9.59 Å². The van der Waals surface area contributed by atoms with Gasteiger partial charge >= 0.3 is 0 Å². The van der Waals surface area contributed by atoms with Gasteiger partial charge in [0.2, 0.25) is 5.91 Å². The van der Waals surface area contributed by atoms with Gasteiger partial charge < -0.3 is 20.0 Å². The van der Waals surface area contributed by atoms with Crippen LogP contribution in [0.2, 0.25) is 0 Å². The van der Waals surface area contributed by atoms with Crippen LogP contribution in [0.15, 0.2) is 22.8 Å². The van der Waals surface area contributed by atoms with E-state index in [-0.39, 0.29) is 23.3 Å². The second-order valence-corrected chi connectivity index (χ2v) is 7.51. The Labute approximate surface area is 148 Å². The van der Waals surface area contributed by atoms with Crippen molar-refractivity contribution in [2.45, 2.75) is 26.3 Å². The van der Waals surface area contributed by atoms with Crippen molar-refractivity contribution in [1.82, 2.24) is 14.7 Å². The van der Waals surface area contributed by atoms with Gasteiger partial charge in [-0.15, -0.1) is 0 Å². The highest BCUT2D eigenvalue weighted by atomic mass is 16.3. The molecule has 0 bridgehead atoms. The van der Waals surface area contributed by atoms with Gasteiger partial charge in [0.1, 0.15) is 0 Å². The van der Waals surface area contributed by atoms with Crippen LogP contribution in [0.1, 0.15) is 30.8 Å². The van der Waals surface area contributed by atoms with Crippen LogP contribution in [-0.2, 0) is 4.79 Å². The molecule has 138 valence electrons. The molecular formula is C18H28N4O3. The molecule has 0 aromatic carbocycles. The third kappa shape index (κ3) is 3.72. The lowest BCUT2D eigenvalue weighted by atomic mass is 9.90. The van der Waals surface area contributed by atoms with Gasteiger partial charge in [0.05, 0.1) is 12.3 Å². The summed E-state index contributed by atoms with van der Waals surface area (Å²) in [7, 11) is 0. The van der Waals surface area contributed by atoms with Gasteiger partial charge in [0.25, 0.3) is 5.91 Å². The molecule has 2 aliphatic heterocycles. The monoisotopic (exact) mass is 348 g/mol. The van der Waals surface area contributed by atoms with E-state index >= 15 is 0 Å². The van der Waals surface area contributed by atoms with Crippen molar-refractivity contribution in [3.8, 4) is 0 Å². The second-order valence-electron chi connectivity index (χ2n) is 7.51. The first-order valence-corrected chi connectivity index (χ1v) is 8.99. The molecular weight excluding hydrogens is 320 g/mol. The zero-order valence-corrected chi connectivity index (χ0v) is 15.1. The van der Waals surface area contributed by atoms with Crippen molar-refractivity contribution in [1.29, 1.82) is 0 Å². The van der Waals surface area contributed by atoms with Crippen molar-refractivity contribution in [2.75, 3.05) is 45.8 Å². The minimum Gasteiger partial charge on any atom is -0.459 e. The molecule has 7 nitrogen and oxygen atoms in total. The number of hydrogen-bond acceptors (Lipinski definition) is 5. The van der Waals surface area contributed by atoms with Gasteiger partial charge in [-0.1, -0.05) is 6.92 Å². The smallest absolute Gasteiger partial charge is 0.289 e. The number of nitrogens with two attached hydrogens (primary N) is 1. The van der Waals surface area contributed by atoms with Gasteiger partial charge in [-0.25, -0.2) is 0 Å². The van der Waals surface area contributed by atoms with E-state index in [0.29, 0.717) is 38.5 Å². The first kappa shape index (κ1) is 17.9. The van der Waals surface area contributed by atoms with E-state index in [1.807, 2.05) is 11.8 Å². The number of rotatable bonds is 4. The molecule has 1 aromatic rings. The normalized spacial score (nSPS) is 26.0. The summed E-state index contributed by atoms with van der Waals surface area (Å²) in [5.74, 6) is 0.390. The summed E-state index contributed by atoms with van der Waals surface area (Å²) >= 11 is 0. The van der Waals surface area contributed by atoms with Crippen molar-refractivity contribution in [2.24, 2.45) is 11.1 Å². The van der Waals surface area contributed by atoms with Crippen molar-refractivity contribution >= 4 is 11.8 Å². The molecule has 2 aliphatic rings. The average molecular weight is 348 g/mol. The lowest BCUT2D eigenvalue weighted by Gasteiger charge is -2.37. The summed E-state index contributed by atoms with van der Waals surface area (Å²) < 4.78 is 5.17. The highest BCUT2D eigenvalue weighted by molar-refractivity contribution is 5.91. The van der Waals surface area contributed by atoms with Crippen LogP contribution in [0.4, 0.5) is 0 Å². The Hall–Kier alpha value is -1.86. The minimum atomic E-state index is -0.138. The van der Waals surface area contributed by atoms with Crippen molar-refractivity contribution in [3.05, 3.63) is 24.2 Å². The minimum absolute atomic E-state index is 0.108. The Balaban J connectivity index is 1.52. The first-order chi connectivity index (χ1) is 11.9. The van der Waals surface area contributed by atoms with Gasteiger partial charge in [-0.2, -0.15) is 0 Å². The Kier molecular flexibility index (Phi) is 5.15. The quantitative estimate of drug-likeness (QED) is 0.863. The molecule has 0 radical (unpaired) electrons. The van der Waals surface area contributed by atoms with E-state index in [2.05, 4.69) is 11.8 Å². The number of furan rings is 1. The van der Waals surface area contributed by atoms with E-state index in [0.717, 1.165) is 19.5 Å². The molecule has 3 heterocycles. The summed E-state index contributed by atoms with van der Waals surface area (Å²) in [4.78, 5) is 31.0.